The summed E-state index contributed by atoms with van der Waals surface area (Å²) in [4.78, 5) is 3.17. The van der Waals surface area contributed by atoms with Crippen LogP contribution in [0.15, 0.2) is 52.7 Å². The van der Waals surface area contributed by atoms with E-state index < -0.39 is 38.5 Å². The first-order valence-electron chi connectivity index (χ1n) is 8.05. The molecule has 4 N–H and O–H groups in total. The van der Waals surface area contributed by atoms with Crippen molar-refractivity contribution in [1.82, 2.24) is 4.98 Å². The standard InChI is InChI=1S/C18H15F3N4O2S2/c1-2-10-5-16(29(26,27)25-17-8-28-9-23-17)14(21)7-15(10)24-18(22)12-6-11(19)3-4-13(12)20/h2-9,18,24-25H,1,22H2/t18-/m1/s1. The molecule has 0 bridgehead atoms. The van der Waals surface area contributed by atoms with Crippen molar-refractivity contribution < 1.29 is 21.6 Å². The second kappa shape index (κ2) is 8.23. The molecule has 152 valence electrons. The van der Waals surface area contributed by atoms with Gasteiger partial charge in [0.25, 0.3) is 10.0 Å². The number of rotatable bonds is 7. The minimum atomic E-state index is -4.25. The lowest BCUT2D eigenvalue weighted by atomic mass is 10.1. The lowest BCUT2D eigenvalue weighted by Gasteiger charge is -2.19. The summed E-state index contributed by atoms with van der Waals surface area (Å²) in [5, 5.41) is 4.10. The number of nitrogens with one attached hydrogen (secondary N) is 2. The Hall–Kier alpha value is -2.89. The predicted molar refractivity (Wildman–Crippen MR) is 106 cm³/mol. The zero-order valence-corrected chi connectivity index (χ0v) is 16.3. The monoisotopic (exact) mass is 440 g/mol. The predicted octanol–water partition coefficient (Wildman–Crippen LogP) is 4.07. The van der Waals surface area contributed by atoms with E-state index in [9.17, 15) is 21.6 Å². The SMILES string of the molecule is C=Cc1cc(S(=O)(=O)Nc2cscn2)c(F)cc1N[C@@H](N)c1cc(F)ccc1F. The third kappa shape index (κ3) is 4.58. The van der Waals surface area contributed by atoms with Gasteiger partial charge in [-0.2, -0.15) is 0 Å². The second-order valence-electron chi connectivity index (χ2n) is 5.84. The van der Waals surface area contributed by atoms with Crippen molar-refractivity contribution in [2.24, 2.45) is 5.73 Å². The number of anilines is 2. The molecule has 29 heavy (non-hydrogen) atoms. The van der Waals surface area contributed by atoms with Gasteiger partial charge >= 0.3 is 0 Å². The Kier molecular flexibility index (Phi) is 5.91. The fourth-order valence-electron chi connectivity index (χ4n) is 2.52. The highest BCUT2D eigenvalue weighted by Gasteiger charge is 2.23. The molecule has 0 radical (unpaired) electrons. The second-order valence-corrected chi connectivity index (χ2v) is 8.21. The van der Waals surface area contributed by atoms with Crippen LogP contribution in [0.25, 0.3) is 6.08 Å². The summed E-state index contributed by atoms with van der Waals surface area (Å²) in [6.07, 6.45) is 0.0533. The summed E-state index contributed by atoms with van der Waals surface area (Å²) in [6, 6.07) is 4.71. The maximum atomic E-state index is 14.6. The van der Waals surface area contributed by atoms with Gasteiger partial charge in [-0.25, -0.2) is 26.6 Å². The molecule has 0 saturated carbocycles. The number of benzene rings is 2. The van der Waals surface area contributed by atoms with Crippen LogP contribution >= 0.6 is 11.3 Å². The minimum absolute atomic E-state index is 0.0559. The molecule has 0 aliphatic carbocycles. The number of sulfonamides is 1. The lowest BCUT2D eigenvalue weighted by Crippen LogP contribution is -2.22. The summed E-state index contributed by atoms with van der Waals surface area (Å²) >= 11 is 1.17. The van der Waals surface area contributed by atoms with Crippen molar-refractivity contribution >= 4 is 38.9 Å². The van der Waals surface area contributed by atoms with Gasteiger partial charge in [0, 0.05) is 16.6 Å². The van der Waals surface area contributed by atoms with Crippen molar-refractivity contribution in [2.45, 2.75) is 11.1 Å². The van der Waals surface area contributed by atoms with Gasteiger partial charge in [-0.05, 0) is 35.9 Å². The first-order valence-corrected chi connectivity index (χ1v) is 10.5. The summed E-state index contributed by atoms with van der Waals surface area (Å²) in [5.74, 6) is -2.46. The molecule has 0 saturated heterocycles. The van der Waals surface area contributed by atoms with Crippen LogP contribution in [0.1, 0.15) is 17.3 Å². The van der Waals surface area contributed by atoms with Crippen LogP contribution in [0, 0.1) is 17.5 Å². The average molecular weight is 440 g/mol. The third-order valence-corrected chi connectivity index (χ3v) is 5.85. The van der Waals surface area contributed by atoms with Gasteiger partial charge in [0.05, 0.1) is 5.51 Å². The zero-order valence-electron chi connectivity index (χ0n) is 14.7. The fraction of sp³-hybridized carbons (Fsp3) is 0.0556. The number of thiazole rings is 1. The summed E-state index contributed by atoms with van der Waals surface area (Å²) < 4.78 is 69.0. The topological polar surface area (TPSA) is 97.1 Å². The highest BCUT2D eigenvalue weighted by atomic mass is 32.2. The average Bonchev–Trinajstić information content (AvgIpc) is 3.15. The Morgan fingerprint density at radius 1 is 1.17 bits per heavy atom. The van der Waals surface area contributed by atoms with Crippen LogP contribution in [0.3, 0.4) is 0 Å². The molecule has 3 rings (SSSR count). The van der Waals surface area contributed by atoms with E-state index in [0.29, 0.717) is 0 Å². The van der Waals surface area contributed by atoms with Crippen LogP contribution in [0.4, 0.5) is 24.7 Å². The van der Waals surface area contributed by atoms with Crippen molar-refractivity contribution in [3.63, 3.8) is 0 Å². The summed E-state index contributed by atoms with van der Waals surface area (Å²) in [5.41, 5.74) is 7.36. The molecule has 1 aromatic heterocycles. The van der Waals surface area contributed by atoms with Gasteiger partial charge in [0.1, 0.15) is 28.5 Å². The molecule has 1 heterocycles. The van der Waals surface area contributed by atoms with E-state index in [2.05, 4.69) is 21.6 Å². The van der Waals surface area contributed by atoms with Crippen LogP contribution in [-0.4, -0.2) is 13.4 Å². The Morgan fingerprint density at radius 2 is 1.93 bits per heavy atom. The molecule has 0 fully saturated rings. The molecular formula is C18H15F3N4O2S2. The van der Waals surface area contributed by atoms with E-state index in [1.165, 1.54) is 28.3 Å². The van der Waals surface area contributed by atoms with Gasteiger partial charge in [-0.15, -0.1) is 11.3 Å². The summed E-state index contributed by atoms with van der Waals surface area (Å²) in [7, 11) is -4.25. The molecule has 0 amide bonds. The van der Waals surface area contributed by atoms with E-state index in [1.807, 2.05) is 0 Å². The molecule has 3 aromatic rings. The maximum absolute atomic E-state index is 14.6. The van der Waals surface area contributed by atoms with E-state index in [1.54, 1.807) is 0 Å². The quantitative estimate of drug-likeness (QED) is 0.481. The van der Waals surface area contributed by atoms with Crippen molar-refractivity contribution in [1.29, 1.82) is 0 Å². The molecule has 2 aromatic carbocycles. The number of nitrogens with zero attached hydrogens (tertiary/aromatic N) is 1. The van der Waals surface area contributed by atoms with E-state index in [0.717, 1.165) is 30.3 Å². The molecule has 11 heteroatoms. The molecule has 0 aliphatic rings. The van der Waals surface area contributed by atoms with Gasteiger partial charge in [-0.3, -0.25) is 4.72 Å². The highest BCUT2D eigenvalue weighted by molar-refractivity contribution is 7.92. The largest absolute Gasteiger partial charge is 0.366 e. The van der Waals surface area contributed by atoms with Crippen molar-refractivity contribution in [2.75, 3.05) is 10.0 Å². The van der Waals surface area contributed by atoms with Gasteiger partial charge in [0.15, 0.2) is 5.82 Å². The third-order valence-electron chi connectivity index (χ3n) is 3.89. The van der Waals surface area contributed by atoms with Gasteiger partial charge in [-0.1, -0.05) is 12.7 Å². The Balaban J connectivity index is 1.94. The molecule has 0 spiro atoms. The minimum Gasteiger partial charge on any atom is -0.366 e. The Morgan fingerprint density at radius 3 is 2.59 bits per heavy atom. The number of hydrogen-bond acceptors (Lipinski definition) is 6. The number of halogens is 3. The zero-order chi connectivity index (χ0) is 21.2. The Labute approximate surface area is 169 Å². The molecular weight excluding hydrogens is 425 g/mol. The van der Waals surface area contributed by atoms with E-state index >= 15 is 0 Å². The van der Waals surface area contributed by atoms with Crippen LogP contribution < -0.4 is 15.8 Å². The Bertz CT molecular complexity index is 1150. The normalized spacial score (nSPS) is 12.4. The van der Waals surface area contributed by atoms with E-state index in [4.69, 9.17) is 5.73 Å². The first-order chi connectivity index (χ1) is 13.7. The molecule has 0 unspecified atom stereocenters. The highest BCUT2D eigenvalue weighted by Crippen LogP contribution is 2.29. The fourth-order valence-corrected chi connectivity index (χ4v) is 4.18. The number of aromatic nitrogens is 1. The van der Waals surface area contributed by atoms with E-state index in [-0.39, 0.29) is 22.6 Å². The molecule has 0 aliphatic heterocycles. The molecule has 1 atom stereocenters. The first kappa shape index (κ1) is 20.8. The van der Waals surface area contributed by atoms with Crippen molar-refractivity contribution in [3.05, 3.63) is 76.4 Å². The smallest absolute Gasteiger partial charge is 0.266 e. The van der Waals surface area contributed by atoms with Crippen LogP contribution in [-0.2, 0) is 10.0 Å². The van der Waals surface area contributed by atoms with Gasteiger partial charge < -0.3 is 11.1 Å². The maximum Gasteiger partial charge on any atom is 0.266 e. The number of hydrogen-bond donors (Lipinski definition) is 3. The molecule has 6 nitrogen and oxygen atoms in total. The summed E-state index contributed by atoms with van der Waals surface area (Å²) in [6.45, 7) is 3.57. The number of nitrogens with two attached hydrogens (primary N) is 1. The lowest BCUT2D eigenvalue weighted by molar-refractivity contribution is 0.568. The van der Waals surface area contributed by atoms with Crippen LogP contribution in [0.2, 0.25) is 0 Å². The van der Waals surface area contributed by atoms with Gasteiger partial charge in [0.2, 0.25) is 0 Å². The van der Waals surface area contributed by atoms with Crippen molar-refractivity contribution in [3.8, 4) is 0 Å². The van der Waals surface area contributed by atoms with Crippen LogP contribution in [0.5, 0.6) is 0 Å².